The van der Waals surface area contributed by atoms with Gasteiger partial charge in [0.05, 0.1) is 6.61 Å². The molecule has 0 atom stereocenters. The molecular weight excluding hydrogens is 376 g/mol. The largest absolute Gasteiger partial charge is 0.494 e. The maximum absolute atomic E-state index is 12.4. The number of carbonyl (C=O) groups excluding carboxylic acids is 1. The van der Waals surface area contributed by atoms with E-state index in [1.807, 2.05) is 20.8 Å². The topological polar surface area (TPSA) is 42.0 Å². The van der Waals surface area contributed by atoms with Crippen LogP contribution in [0.25, 0.3) is 16.5 Å². The highest BCUT2D eigenvalue weighted by atomic mass is 16.6. The molecule has 0 N–H and O–H groups in total. The first-order valence-electron chi connectivity index (χ1n) is 10.9. The molecule has 1 aliphatic rings. The van der Waals surface area contributed by atoms with Crippen molar-refractivity contribution in [3.63, 3.8) is 0 Å². The number of benzene rings is 2. The molecule has 0 aliphatic carbocycles. The summed E-state index contributed by atoms with van der Waals surface area (Å²) in [5.41, 5.74) is 1.72. The molecule has 2 aromatic rings. The fraction of sp³-hybridized carbons (Fsp3) is 0.480. The van der Waals surface area contributed by atoms with Crippen LogP contribution in [0.15, 0.2) is 43.0 Å². The fourth-order valence-corrected chi connectivity index (χ4v) is 3.58. The lowest BCUT2D eigenvalue weighted by Gasteiger charge is -2.37. The summed E-state index contributed by atoms with van der Waals surface area (Å²) in [5, 5.41) is 2.37. The molecule has 2 aromatic carbocycles. The molecule has 5 heteroatoms. The van der Waals surface area contributed by atoms with Crippen molar-refractivity contribution in [2.75, 3.05) is 37.7 Å². The van der Waals surface area contributed by atoms with E-state index in [0.29, 0.717) is 19.7 Å². The Bertz CT molecular complexity index is 893. The van der Waals surface area contributed by atoms with E-state index in [1.54, 1.807) is 4.90 Å². The number of ether oxygens (including phenoxy) is 2. The number of nitrogens with zero attached hydrogens (tertiary/aromatic N) is 2. The standard InChI is InChI=1S/C25H34N2O3/c1-6-7-17-29-19(2)21-12-11-20-9-8-10-23(22(20)18-21)26-13-15-27(16-14-26)24(28)30-25(3,4)5/h8-12,18H,2,6-7,13-17H2,1,3-5H3. The number of carbonyl (C=O) groups is 1. The Kier molecular flexibility index (Phi) is 6.91. The van der Waals surface area contributed by atoms with Crippen LogP contribution in [-0.2, 0) is 9.47 Å². The highest BCUT2D eigenvalue weighted by molar-refractivity contribution is 5.96. The first-order valence-corrected chi connectivity index (χ1v) is 10.9. The third kappa shape index (κ3) is 5.47. The Hall–Kier alpha value is -2.69. The lowest BCUT2D eigenvalue weighted by molar-refractivity contribution is 0.0240. The number of fused-ring (bicyclic) bond motifs is 1. The zero-order valence-electron chi connectivity index (χ0n) is 18.7. The molecule has 1 aliphatic heterocycles. The minimum Gasteiger partial charge on any atom is -0.494 e. The summed E-state index contributed by atoms with van der Waals surface area (Å²) in [6, 6.07) is 12.7. The highest BCUT2D eigenvalue weighted by Gasteiger charge is 2.26. The van der Waals surface area contributed by atoms with Crippen molar-refractivity contribution < 1.29 is 14.3 Å². The molecule has 1 heterocycles. The summed E-state index contributed by atoms with van der Waals surface area (Å²) >= 11 is 0. The van der Waals surface area contributed by atoms with Crippen LogP contribution in [0.5, 0.6) is 0 Å². The summed E-state index contributed by atoms with van der Waals surface area (Å²) in [6.45, 7) is 15.5. The summed E-state index contributed by atoms with van der Waals surface area (Å²) in [4.78, 5) is 16.5. The van der Waals surface area contributed by atoms with Crippen LogP contribution in [0.1, 0.15) is 46.1 Å². The van der Waals surface area contributed by atoms with E-state index in [2.05, 4.69) is 54.8 Å². The Morgan fingerprint density at radius 1 is 1.10 bits per heavy atom. The summed E-state index contributed by atoms with van der Waals surface area (Å²) in [6.07, 6.45) is 1.90. The zero-order valence-corrected chi connectivity index (χ0v) is 18.7. The van der Waals surface area contributed by atoms with Crippen LogP contribution in [0.2, 0.25) is 0 Å². The van der Waals surface area contributed by atoms with Gasteiger partial charge in [0.2, 0.25) is 0 Å². The van der Waals surface area contributed by atoms with E-state index in [1.165, 1.54) is 16.5 Å². The van der Waals surface area contributed by atoms with E-state index >= 15 is 0 Å². The van der Waals surface area contributed by atoms with Crippen molar-refractivity contribution in [1.29, 1.82) is 0 Å². The first-order chi connectivity index (χ1) is 14.3. The van der Waals surface area contributed by atoms with Gasteiger partial charge < -0.3 is 19.3 Å². The van der Waals surface area contributed by atoms with E-state index in [9.17, 15) is 4.79 Å². The third-order valence-corrected chi connectivity index (χ3v) is 5.23. The molecule has 1 saturated heterocycles. The van der Waals surface area contributed by atoms with Crippen LogP contribution in [0, 0.1) is 0 Å². The summed E-state index contributed by atoms with van der Waals surface area (Å²) in [5.74, 6) is 0.717. The molecule has 0 unspecified atom stereocenters. The van der Waals surface area contributed by atoms with Crippen LogP contribution in [-0.4, -0.2) is 49.4 Å². The van der Waals surface area contributed by atoms with Crippen molar-refractivity contribution in [3.8, 4) is 0 Å². The normalized spacial score (nSPS) is 14.7. The molecular formula is C25H34N2O3. The van der Waals surface area contributed by atoms with Gasteiger partial charge in [-0.25, -0.2) is 4.79 Å². The van der Waals surface area contributed by atoms with Gasteiger partial charge in [-0.2, -0.15) is 0 Å². The monoisotopic (exact) mass is 410 g/mol. The number of hydrogen-bond donors (Lipinski definition) is 0. The molecule has 1 fully saturated rings. The van der Waals surface area contributed by atoms with Crippen LogP contribution < -0.4 is 4.90 Å². The minimum atomic E-state index is -0.470. The first kappa shape index (κ1) is 22.0. The SMILES string of the molecule is C=C(OCCCC)c1ccc2cccc(N3CCN(C(=O)OC(C)(C)C)CC3)c2c1. The highest BCUT2D eigenvalue weighted by Crippen LogP contribution is 2.30. The van der Waals surface area contributed by atoms with Crippen LogP contribution in [0.3, 0.4) is 0 Å². The van der Waals surface area contributed by atoms with Gasteiger partial charge >= 0.3 is 6.09 Å². The average Bonchev–Trinajstić information content (AvgIpc) is 2.72. The molecule has 5 nitrogen and oxygen atoms in total. The lowest BCUT2D eigenvalue weighted by Crippen LogP contribution is -2.50. The quantitative estimate of drug-likeness (QED) is 0.454. The van der Waals surface area contributed by atoms with E-state index in [-0.39, 0.29) is 6.09 Å². The molecule has 0 bridgehead atoms. The molecule has 30 heavy (non-hydrogen) atoms. The number of anilines is 1. The Morgan fingerprint density at radius 3 is 2.50 bits per heavy atom. The van der Waals surface area contributed by atoms with Gasteiger partial charge in [0.15, 0.2) is 0 Å². The van der Waals surface area contributed by atoms with Crippen molar-refractivity contribution >= 4 is 28.3 Å². The van der Waals surface area contributed by atoms with Crippen molar-refractivity contribution in [2.45, 2.75) is 46.1 Å². The number of unbranched alkanes of at least 4 members (excludes halogenated alkanes) is 1. The molecule has 0 aromatic heterocycles. The van der Waals surface area contributed by atoms with E-state index < -0.39 is 5.60 Å². The van der Waals surface area contributed by atoms with Gasteiger partial charge in [0.25, 0.3) is 0 Å². The van der Waals surface area contributed by atoms with E-state index in [4.69, 9.17) is 9.47 Å². The average molecular weight is 411 g/mol. The summed E-state index contributed by atoms with van der Waals surface area (Å²) < 4.78 is 11.3. The number of amides is 1. The summed E-state index contributed by atoms with van der Waals surface area (Å²) in [7, 11) is 0. The van der Waals surface area contributed by atoms with Crippen LogP contribution >= 0.6 is 0 Å². The lowest BCUT2D eigenvalue weighted by atomic mass is 10.0. The molecule has 3 rings (SSSR count). The van der Waals surface area contributed by atoms with Crippen molar-refractivity contribution in [3.05, 3.63) is 48.5 Å². The smallest absolute Gasteiger partial charge is 0.410 e. The molecule has 0 saturated carbocycles. The maximum atomic E-state index is 12.4. The van der Waals surface area contributed by atoms with Gasteiger partial charge in [-0.1, -0.05) is 44.2 Å². The third-order valence-electron chi connectivity index (χ3n) is 5.23. The Labute approximate surface area is 180 Å². The van der Waals surface area contributed by atoms with Gasteiger partial charge in [0.1, 0.15) is 11.4 Å². The van der Waals surface area contributed by atoms with Crippen molar-refractivity contribution in [2.24, 2.45) is 0 Å². The van der Waals surface area contributed by atoms with Crippen molar-refractivity contribution in [1.82, 2.24) is 4.90 Å². The predicted octanol–water partition coefficient (Wildman–Crippen LogP) is 5.68. The van der Waals surface area contributed by atoms with Gasteiger partial charge in [-0.15, -0.1) is 0 Å². The van der Waals surface area contributed by atoms with Gasteiger partial charge in [-0.05, 0) is 44.7 Å². The maximum Gasteiger partial charge on any atom is 0.410 e. The van der Waals surface area contributed by atoms with E-state index in [0.717, 1.165) is 37.3 Å². The van der Waals surface area contributed by atoms with Crippen LogP contribution in [0.4, 0.5) is 10.5 Å². The second kappa shape index (κ2) is 9.41. The second-order valence-electron chi connectivity index (χ2n) is 8.79. The van der Waals surface area contributed by atoms with Gasteiger partial charge in [-0.3, -0.25) is 0 Å². The molecule has 0 radical (unpaired) electrons. The number of rotatable bonds is 6. The molecule has 162 valence electrons. The second-order valence-corrected chi connectivity index (χ2v) is 8.79. The Balaban J connectivity index is 1.74. The number of hydrogen-bond acceptors (Lipinski definition) is 4. The Morgan fingerprint density at radius 2 is 1.83 bits per heavy atom. The number of piperazine rings is 1. The zero-order chi connectivity index (χ0) is 21.7. The van der Waals surface area contributed by atoms with Gasteiger partial charge in [0, 0.05) is 42.8 Å². The predicted molar refractivity (Wildman–Crippen MR) is 124 cm³/mol. The minimum absolute atomic E-state index is 0.233. The molecule has 1 amide bonds. The molecule has 0 spiro atoms. The fourth-order valence-electron chi connectivity index (χ4n) is 3.58.